The predicted octanol–water partition coefficient (Wildman–Crippen LogP) is 2.91. The second-order valence-corrected chi connectivity index (χ2v) is 6.49. The molecule has 0 amide bonds. The van der Waals surface area contributed by atoms with Crippen molar-refractivity contribution >= 4 is 5.82 Å². The highest BCUT2D eigenvalue weighted by Gasteiger charge is 2.20. The van der Waals surface area contributed by atoms with Gasteiger partial charge in [-0.3, -0.25) is 0 Å². The van der Waals surface area contributed by atoms with E-state index < -0.39 is 0 Å². The molecule has 0 spiro atoms. The van der Waals surface area contributed by atoms with Gasteiger partial charge in [0.1, 0.15) is 11.6 Å². The normalized spacial score (nSPS) is 16.7. The zero-order valence-electron chi connectivity index (χ0n) is 14.1. The Morgan fingerprint density at radius 1 is 1.24 bits per heavy atom. The highest BCUT2D eigenvalue weighted by atomic mass is 15.2. The standard InChI is InChI=1S/C17H30N4/c1-5-16-13-17(19-14(2)18-16)21-11-8-15(9-12-21)7-6-10-20(3)4/h13,15H,5-12H2,1-4H3. The lowest BCUT2D eigenvalue weighted by molar-refractivity contribution is 0.331. The molecule has 0 N–H and O–H groups in total. The van der Waals surface area contributed by atoms with Crippen LogP contribution in [0.15, 0.2) is 6.07 Å². The number of hydrogen-bond acceptors (Lipinski definition) is 4. The highest BCUT2D eigenvalue weighted by molar-refractivity contribution is 5.40. The third-order valence-electron chi connectivity index (χ3n) is 4.40. The highest BCUT2D eigenvalue weighted by Crippen LogP contribution is 2.25. The molecule has 0 unspecified atom stereocenters. The third kappa shape index (κ3) is 4.95. The minimum atomic E-state index is 0.898. The summed E-state index contributed by atoms with van der Waals surface area (Å²) >= 11 is 0. The van der Waals surface area contributed by atoms with E-state index in [1.807, 2.05) is 6.92 Å². The van der Waals surface area contributed by atoms with Crippen LogP contribution >= 0.6 is 0 Å². The summed E-state index contributed by atoms with van der Waals surface area (Å²) in [6, 6.07) is 2.17. The summed E-state index contributed by atoms with van der Waals surface area (Å²) in [7, 11) is 4.32. The Kier molecular flexibility index (Phi) is 5.97. The Labute approximate surface area is 129 Å². The summed E-state index contributed by atoms with van der Waals surface area (Å²) in [6.07, 6.45) is 6.28. The molecule has 1 aliphatic rings. The van der Waals surface area contributed by atoms with Gasteiger partial charge in [-0.1, -0.05) is 6.92 Å². The first kappa shape index (κ1) is 16.2. The lowest BCUT2D eigenvalue weighted by atomic mass is 9.92. The fraction of sp³-hybridized carbons (Fsp3) is 0.765. The molecule has 0 radical (unpaired) electrons. The van der Waals surface area contributed by atoms with Gasteiger partial charge in [0.25, 0.3) is 0 Å². The van der Waals surface area contributed by atoms with Gasteiger partial charge in [-0.05, 0) is 65.6 Å². The van der Waals surface area contributed by atoms with E-state index in [1.165, 1.54) is 32.2 Å². The predicted molar refractivity (Wildman–Crippen MR) is 88.9 cm³/mol. The van der Waals surface area contributed by atoms with Crippen LogP contribution in [0.1, 0.15) is 44.1 Å². The molecule has 21 heavy (non-hydrogen) atoms. The number of aromatic nitrogens is 2. The van der Waals surface area contributed by atoms with Crippen molar-refractivity contribution in [3.63, 3.8) is 0 Å². The maximum Gasteiger partial charge on any atom is 0.132 e. The number of rotatable bonds is 6. The molecule has 1 saturated heterocycles. The Bertz CT molecular complexity index is 436. The second-order valence-electron chi connectivity index (χ2n) is 6.49. The van der Waals surface area contributed by atoms with E-state index >= 15 is 0 Å². The molecule has 1 aromatic heterocycles. The van der Waals surface area contributed by atoms with Crippen molar-refractivity contribution < 1.29 is 0 Å². The molecule has 0 aromatic carbocycles. The minimum absolute atomic E-state index is 0.898. The molecule has 0 bridgehead atoms. The fourth-order valence-electron chi connectivity index (χ4n) is 3.10. The van der Waals surface area contributed by atoms with Crippen molar-refractivity contribution in [2.75, 3.05) is 38.6 Å². The van der Waals surface area contributed by atoms with Crippen molar-refractivity contribution in [2.24, 2.45) is 5.92 Å². The molecular formula is C17H30N4. The van der Waals surface area contributed by atoms with E-state index in [0.29, 0.717) is 0 Å². The van der Waals surface area contributed by atoms with Gasteiger partial charge >= 0.3 is 0 Å². The SMILES string of the molecule is CCc1cc(N2CCC(CCCN(C)C)CC2)nc(C)n1. The molecule has 2 heterocycles. The van der Waals surface area contributed by atoms with E-state index in [0.717, 1.165) is 42.8 Å². The van der Waals surface area contributed by atoms with Gasteiger partial charge in [-0.25, -0.2) is 9.97 Å². The van der Waals surface area contributed by atoms with Crippen LogP contribution in [0.4, 0.5) is 5.82 Å². The summed E-state index contributed by atoms with van der Waals surface area (Å²) < 4.78 is 0. The quantitative estimate of drug-likeness (QED) is 0.806. The van der Waals surface area contributed by atoms with Crippen molar-refractivity contribution in [2.45, 2.75) is 46.0 Å². The smallest absolute Gasteiger partial charge is 0.132 e. The van der Waals surface area contributed by atoms with Gasteiger partial charge in [-0.2, -0.15) is 0 Å². The van der Waals surface area contributed by atoms with E-state index in [9.17, 15) is 0 Å². The number of nitrogens with zero attached hydrogens (tertiary/aromatic N) is 4. The van der Waals surface area contributed by atoms with Crippen LogP contribution in [0.5, 0.6) is 0 Å². The maximum absolute atomic E-state index is 4.62. The Morgan fingerprint density at radius 2 is 1.95 bits per heavy atom. The van der Waals surface area contributed by atoms with E-state index in [1.54, 1.807) is 0 Å². The zero-order chi connectivity index (χ0) is 15.2. The van der Waals surface area contributed by atoms with Crippen molar-refractivity contribution in [3.8, 4) is 0 Å². The minimum Gasteiger partial charge on any atom is -0.356 e. The summed E-state index contributed by atoms with van der Waals surface area (Å²) in [4.78, 5) is 13.8. The van der Waals surface area contributed by atoms with Crippen molar-refractivity contribution in [3.05, 3.63) is 17.6 Å². The van der Waals surface area contributed by atoms with Gasteiger partial charge in [0, 0.05) is 24.8 Å². The topological polar surface area (TPSA) is 32.3 Å². The van der Waals surface area contributed by atoms with Gasteiger partial charge in [0.15, 0.2) is 0 Å². The molecule has 1 fully saturated rings. The third-order valence-corrected chi connectivity index (χ3v) is 4.40. The van der Waals surface area contributed by atoms with Crippen molar-refractivity contribution in [1.82, 2.24) is 14.9 Å². The molecule has 4 nitrogen and oxygen atoms in total. The Balaban J connectivity index is 1.84. The van der Waals surface area contributed by atoms with Crippen LogP contribution in [-0.4, -0.2) is 48.6 Å². The lowest BCUT2D eigenvalue weighted by Gasteiger charge is -2.33. The lowest BCUT2D eigenvalue weighted by Crippen LogP contribution is -2.34. The van der Waals surface area contributed by atoms with Crippen molar-refractivity contribution in [1.29, 1.82) is 0 Å². The average molecular weight is 290 g/mol. The van der Waals surface area contributed by atoms with Crippen LogP contribution < -0.4 is 4.90 Å². The van der Waals surface area contributed by atoms with E-state index in [2.05, 4.69) is 46.9 Å². The molecule has 0 atom stereocenters. The van der Waals surface area contributed by atoms with E-state index in [-0.39, 0.29) is 0 Å². The maximum atomic E-state index is 4.62. The molecule has 118 valence electrons. The van der Waals surface area contributed by atoms with Crippen LogP contribution in [0.3, 0.4) is 0 Å². The zero-order valence-corrected chi connectivity index (χ0v) is 14.1. The monoisotopic (exact) mass is 290 g/mol. The fourth-order valence-corrected chi connectivity index (χ4v) is 3.10. The number of anilines is 1. The average Bonchev–Trinajstić information content (AvgIpc) is 2.47. The molecule has 2 rings (SSSR count). The number of aryl methyl sites for hydroxylation is 2. The Morgan fingerprint density at radius 3 is 2.57 bits per heavy atom. The first-order valence-corrected chi connectivity index (χ1v) is 8.32. The summed E-state index contributed by atoms with van der Waals surface area (Å²) in [5.74, 6) is 2.93. The van der Waals surface area contributed by atoms with Gasteiger partial charge in [0.2, 0.25) is 0 Å². The van der Waals surface area contributed by atoms with Crippen LogP contribution in [0, 0.1) is 12.8 Å². The van der Waals surface area contributed by atoms with Crippen LogP contribution in [0.2, 0.25) is 0 Å². The molecule has 1 aliphatic heterocycles. The largest absolute Gasteiger partial charge is 0.356 e. The summed E-state index contributed by atoms with van der Waals surface area (Å²) in [6.45, 7) is 7.66. The summed E-state index contributed by atoms with van der Waals surface area (Å²) in [5.41, 5.74) is 1.16. The van der Waals surface area contributed by atoms with Gasteiger partial charge in [0.05, 0.1) is 0 Å². The molecular weight excluding hydrogens is 260 g/mol. The van der Waals surface area contributed by atoms with Gasteiger partial charge in [-0.15, -0.1) is 0 Å². The van der Waals surface area contributed by atoms with Gasteiger partial charge < -0.3 is 9.80 Å². The first-order chi connectivity index (χ1) is 10.1. The van der Waals surface area contributed by atoms with Crippen LogP contribution in [-0.2, 0) is 6.42 Å². The number of piperidine rings is 1. The van der Waals surface area contributed by atoms with Crippen LogP contribution in [0.25, 0.3) is 0 Å². The second kappa shape index (κ2) is 7.74. The molecule has 4 heteroatoms. The molecule has 0 aliphatic carbocycles. The Hall–Kier alpha value is -1.16. The number of hydrogen-bond donors (Lipinski definition) is 0. The first-order valence-electron chi connectivity index (χ1n) is 8.32. The van der Waals surface area contributed by atoms with E-state index in [4.69, 9.17) is 0 Å². The molecule has 0 saturated carbocycles. The molecule has 1 aromatic rings. The summed E-state index contributed by atoms with van der Waals surface area (Å²) in [5, 5.41) is 0.